The summed E-state index contributed by atoms with van der Waals surface area (Å²) in [6, 6.07) is 36.1. The highest BCUT2D eigenvalue weighted by Crippen LogP contribution is 2.34. The molecule has 0 spiro atoms. The van der Waals surface area contributed by atoms with E-state index in [2.05, 4.69) is 97.9 Å². The Labute approximate surface area is 252 Å². The Morgan fingerprint density at radius 3 is 2.02 bits per heavy atom. The summed E-state index contributed by atoms with van der Waals surface area (Å²) in [5, 5.41) is 0.814. The number of hydrogen-bond donors (Lipinski definition) is 0. The van der Waals surface area contributed by atoms with Crippen molar-refractivity contribution in [3.05, 3.63) is 148 Å². The molecule has 0 heterocycles. The van der Waals surface area contributed by atoms with Crippen molar-refractivity contribution in [3.63, 3.8) is 0 Å². The first-order valence-corrected chi connectivity index (χ1v) is 15.4. The van der Waals surface area contributed by atoms with Gasteiger partial charge < -0.3 is 9.47 Å². The molecule has 0 fully saturated rings. The zero-order valence-electron chi connectivity index (χ0n) is 24.7. The molecule has 0 saturated carbocycles. The lowest BCUT2D eigenvalue weighted by Crippen LogP contribution is -2.24. The first-order chi connectivity index (χ1) is 20.2. The Morgan fingerprint density at radius 2 is 1.37 bits per heavy atom. The summed E-state index contributed by atoms with van der Waals surface area (Å²) in [6.07, 6.45) is 6.24. The van der Waals surface area contributed by atoms with Gasteiger partial charge in [0.25, 0.3) is 0 Å². The molecule has 3 heteroatoms. The molecule has 0 radical (unpaired) electrons. The van der Waals surface area contributed by atoms with E-state index in [-0.39, 0.29) is 6.10 Å². The lowest BCUT2D eigenvalue weighted by atomic mass is 9.85. The van der Waals surface area contributed by atoms with Gasteiger partial charge in [0.15, 0.2) is 0 Å². The Bertz CT molecular complexity index is 1350. The Hall–Kier alpha value is -3.17. The molecule has 214 valence electrons. The van der Waals surface area contributed by atoms with E-state index < -0.39 is 0 Å². The zero-order valence-corrected chi connectivity index (χ0v) is 25.4. The van der Waals surface area contributed by atoms with Gasteiger partial charge in [0.05, 0.1) is 25.9 Å². The fourth-order valence-corrected chi connectivity index (χ4v) is 5.44. The largest absolute Gasteiger partial charge is 0.376 e. The first-order valence-electron chi connectivity index (χ1n) is 15.0. The van der Waals surface area contributed by atoms with Crippen LogP contribution in [-0.2, 0) is 35.5 Å². The standard InChI is InChI=1S/C36H37ClO2.C2H6/c1-2-27-13-15-28(16-14-27)19-34-22-32(17-18-36(34)37)33-20-31(25-38-24-29-9-5-3-6-10-29)21-35(23-33)39-26-30-11-7-4-8-12-30;1-2/h3-18,20,22,31,35H,2,19,21,23-26H2,1H3;1-2H3. The molecule has 1 aliphatic rings. The van der Waals surface area contributed by atoms with Gasteiger partial charge in [-0.1, -0.05) is 129 Å². The van der Waals surface area contributed by atoms with E-state index in [0.717, 1.165) is 36.3 Å². The molecule has 0 amide bonds. The average molecular weight is 567 g/mol. The van der Waals surface area contributed by atoms with Crippen molar-refractivity contribution in [3.8, 4) is 0 Å². The molecule has 1 aliphatic carbocycles. The molecular weight excluding hydrogens is 524 g/mol. The van der Waals surface area contributed by atoms with Gasteiger partial charge in [0.1, 0.15) is 0 Å². The molecule has 0 saturated heterocycles. The first kappa shape index (κ1) is 30.8. The summed E-state index contributed by atoms with van der Waals surface area (Å²) in [7, 11) is 0. The number of halogens is 1. The summed E-state index contributed by atoms with van der Waals surface area (Å²) in [5.74, 6) is 0.291. The monoisotopic (exact) mass is 566 g/mol. The van der Waals surface area contributed by atoms with Gasteiger partial charge in [-0.05, 0) is 76.8 Å². The van der Waals surface area contributed by atoms with Gasteiger partial charge in [0, 0.05) is 10.9 Å². The van der Waals surface area contributed by atoms with E-state index >= 15 is 0 Å². The van der Waals surface area contributed by atoms with Crippen LogP contribution in [0.5, 0.6) is 0 Å². The second-order valence-corrected chi connectivity index (χ2v) is 10.9. The molecule has 0 N–H and O–H groups in total. The van der Waals surface area contributed by atoms with Crippen LogP contribution in [0, 0.1) is 5.92 Å². The van der Waals surface area contributed by atoms with Crippen LogP contribution in [-0.4, -0.2) is 12.7 Å². The smallest absolute Gasteiger partial charge is 0.0720 e. The highest BCUT2D eigenvalue weighted by Gasteiger charge is 2.25. The van der Waals surface area contributed by atoms with Gasteiger partial charge in [-0.25, -0.2) is 0 Å². The summed E-state index contributed by atoms with van der Waals surface area (Å²) in [5.41, 5.74) is 8.72. The number of ether oxygens (including phenoxy) is 2. The van der Waals surface area contributed by atoms with Crippen LogP contribution >= 0.6 is 11.6 Å². The molecule has 2 unspecified atom stereocenters. The predicted molar refractivity (Wildman–Crippen MR) is 173 cm³/mol. The molecule has 4 aromatic rings. The zero-order chi connectivity index (χ0) is 28.9. The van der Waals surface area contributed by atoms with Crippen LogP contribution in [0.25, 0.3) is 5.57 Å². The van der Waals surface area contributed by atoms with Crippen LogP contribution in [0.3, 0.4) is 0 Å². The van der Waals surface area contributed by atoms with Crippen molar-refractivity contribution in [1.82, 2.24) is 0 Å². The summed E-state index contributed by atoms with van der Waals surface area (Å²) in [4.78, 5) is 0. The quantitative estimate of drug-likeness (QED) is 0.180. The minimum atomic E-state index is 0.135. The topological polar surface area (TPSA) is 18.5 Å². The van der Waals surface area contributed by atoms with E-state index in [4.69, 9.17) is 21.1 Å². The highest BCUT2D eigenvalue weighted by atomic mass is 35.5. The molecule has 2 atom stereocenters. The van der Waals surface area contributed by atoms with E-state index in [1.165, 1.54) is 33.4 Å². The highest BCUT2D eigenvalue weighted by molar-refractivity contribution is 6.31. The third kappa shape index (κ3) is 9.43. The number of aryl methyl sites for hydroxylation is 1. The van der Waals surface area contributed by atoms with Crippen molar-refractivity contribution in [2.45, 2.75) is 65.8 Å². The van der Waals surface area contributed by atoms with Crippen LogP contribution in [0.4, 0.5) is 0 Å². The van der Waals surface area contributed by atoms with Gasteiger partial charge in [-0.3, -0.25) is 0 Å². The SMILES string of the molecule is CC.CCc1ccc(Cc2cc(C3=CC(COCc4ccccc4)CC(OCc4ccccc4)C3)ccc2Cl)cc1. The lowest BCUT2D eigenvalue weighted by molar-refractivity contribution is 0.0130. The Morgan fingerprint density at radius 1 is 0.732 bits per heavy atom. The maximum Gasteiger partial charge on any atom is 0.0720 e. The fourth-order valence-electron chi connectivity index (χ4n) is 5.26. The van der Waals surface area contributed by atoms with Crippen molar-refractivity contribution in [1.29, 1.82) is 0 Å². The van der Waals surface area contributed by atoms with Gasteiger partial charge in [0.2, 0.25) is 0 Å². The van der Waals surface area contributed by atoms with Gasteiger partial charge in [-0.2, -0.15) is 0 Å². The maximum absolute atomic E-state index is 6.68. The van der Waals surface area contributed by atoms with Crippen molar-refractivity contribution in [2.24, 2.45) is 5.92 Å². The Kier molecular flexibility index (Phi) is 12.3. The molecule has 0 aliphatic heterocycles. The van der Waals surface area contributed by atoms with Crippen LogP contribution in [0.15, 0.2) is 109 Å². The number of hydrogen-bond acceptors (Lipinski definition) is 2. The van der Waals surface area contributed by atoms with Crippen molar-refractivity contribution >= 4 is 17.2 Å². The second-order valence-electron chi connectivity index (χ2n) is 10.5. The molecule has 41 heavy (non-hydrogen) atoms. The van der Waals surface area contributed by atoms with Crippen molar-refractivity contribution < 1.29 is 9.47 Å². The third-order valence-electron chi connectivity index (χ3n) is 7.46. The summed E-state index contributed by atoms with van der Waals surface area (Å²) >= 11 is 6.68. The number of benzene rings is 4. The minimum Gasteiger partial charge on any atom is -0.376 e. The Balaban J connectivity index is 0.00000189. The van der Waals surface area contributed by atoms with Crippen LogP contribution in [0.2, 0.25) is 5.02 Å². The molecule has 4 aromatic carbocycles. The summed E-state index contributed by atoms with van der Waals surface area (Å²) in [6.45, 7) is 8.10. The number of rotatable bonds is 11. The summed E-state index contributed by atoms with van der Waals surface area (Å²) < 4.78 is 12.6. The normalized spacial score (nSPS) is 16.4. The molecule has 0 bridgehead atoms. The minimum absolute atomic E-state index is 0.135. The van der Waals surface area contributed by atoms with E-state index in [9.17, 15) is 0 Å². The van der Waals surface area contributed by atoms with Gasteiger partial charge in [-0.15, -0.1) is 0 Å². The molecular formula is C38H43ClO2. The lowest BCUT2D eigenvalue weighted by Gasteiger charge is -2.29. The fraction of sp³-hybridized carbons (Fsp3) is 0.316. The average Bonchev–Trinajstić information content (AvgIpc) is 3.03. The van der Waals surface area contributed by atoms with E-state index in [1.54, 1.807) is 0 Å². The maximum atomic E-state index is 6.68. The predicted octanol–water partition coefficient (Wildman–Crippen LogP) is 10.1. The molecule has 5 rings (SSSR count). The second kappa shape index (κ2) is 16.3. The van der Waals surface area contributed by atoms with Crippen LogP contribution in [0.1, 0.15) is 67.0 Å². The molecule has 0 aromatic heterocycles. The van der Waals surface area contributed by atoms with E-state index in [0.29, 0.717) is 25.7 Å². The van der Waals surface area contributed by atoms with Gasteiger partial charge >= 0.3 is 0 Å². The van der Waals surface area contributed by atoms with E-state index in [1.807, 2.05) is 32.0 Å². The van der Waals surface area contributed by atoms with Crippen molar-refractivity contribution in [2.75, 3.05) is 6.61 Å². The molecule has 2 nitrogen and oxygen atoms in total. The van der Waals surface area contributed by atoms with Crippen LogP contribution < -0.4 is 0 Å². The third-order valence-corrected chi connectivity index (χ3v) is 7.83.